The Kier molecular flexibility index (Phi) is 16.3. The molecule has 0 aliphatic rings. The fourth-order valence-corrected chi connectivity index (χ4v) is 2.13. The van der Waals surface area contributed by atoms with Crippen LogP contribution < -0.4 is 11.1 Å². The highest BCUT2D eigenvalue weighted by Gasteiger charge is 2.15. The van der Waals surface area contributed by atoms with Crippen molar-refractivity contribution in [1.82, 2.24) is 5.32 Å². The second kappa shape index (κ2) is 16.0. The molecular formula is C20H36N2O2. The van der Waals surface area contributed by atoms with Crippen molar-refractivity contribution in [1.29, 1.82) is 0 Å². The van der Waals surface area contributed by atoms with E-state index in [0.717, 1.165) is 25.8 Å². The lowest BCUT2D eigenvalue weighted by Gasteiger charge is -2.16. The molecule has 0 aliphatic heterocycles. The summed E-state index contributed by atoms with van der Waals surface area (Å²) in [4.78, 5) is 20.4. The molecule has 0 aromatic heterocycles. The highest BCUT2D eigenvalue weighted by Crippen LogP contribution is 2.19. The summed E-state index contributed by atoms with van der Waals surface area (Å²) in [6.07, 6.45) is 11.7. The van der Waals surface area contributed by atoms with Crippen molar-refractivity contribution in [2.45, 2.75) is 53.9 Å². The molecule has 138 valence electrons. The molecule has 4 heteroatoms. The summed E-state index contributed by atoms with van der Waals surface area (Å²) in [5.74, 6) is 1.21. The van der Waals surface area contributed by atoms with E-state index in [1.165, 1.54) is 5.57 Å². The smallest absolute Gasteiger partial charge is 0.223 e. The largest absolute Gasteiger partial charge is 0.372 e. The molecule has 0 saturated heterocycles. The van der Waals surface area contributed by atoms with Gasteiger partial charge in [-0.1, -0.05) is 65.0 Å². The van der Waals surface area contributed by atoms with Gasteiger partial charge in [-0.2, -0.15) is 0 Å². The zero-order chi connectivity index (χ0) is 19.0. The molecule has 0 aromatic carbocycles. The first kappa shape index (κ1) is 24.4. The zero-order valence-electron chi connectivity index (χ0n) is 16.0. The predicted molar refractivity (Wildman–Crippen MR) is 103 cm³/mol. The van der Waals surface area contributed by atoms with E-state index in [1.54, 1.807) is 0 Å². The van der Waals surface area contributed by atoms with E-state index in [4.69, 9.17) is 4.79 Å². The van der Waals surface area contributed by atoms with Crippen LogP contribution in [0.15, 0.2) is 36.5 Å². The molecule has 4 nitrogen and oxygen atoms in total. The third kappa shape index (κ3) is 12.7. The fraction of sp³-hybridized carbons (Fsp3) is 0.600. The Labute approximate surface area is 148 Å². The molecule has 0 radical (unpaired) electrons. The zero-order valence-corrected chi connectivity index (χ0v) is 16.0. The van der Waals surface area contributed by atoms with E-state index in [2.05, 4.69) is 56.6 Å². The quantitative estimate of drug-likeness (QED) is 0.360. The number of unbranched alkanes of at least 4 members (excludes halogenated alkanes) is 1. The van der Waals surface area contributed by atoms with Crippen molar-refractivity contribution in [3.8, 4) is 0 Å². The van der Waals surface area contributed by atoms with Crippen molar-refractivity contribution in [2.24, 2.45) is 23.5 Å². The highest BCUT2D eigenvalue weighted by atomic mass is 16.1. The minimum Gasteiger partial charge on any atom is -0.372 e. The van der Waals surface area contributed by atoms with E-state index in [9.17, 15) is 4.79 Å². The van der Waals surface area contributed by atoms with E-state index >= 15 is 0 Å². The van der Waals surface area contributed by atoms with E-state index in [0.29, 0.717) is 11.8 Å². The molecule has 0 fully saturated rings. The summed E-state index contributed by atoms with van der Waals surface area (Å²) in [5.41, 5.74) is 5.49. The number of rotatable bonds is 10. The minimum atomic E-state index is 0.0979. The minimum absolute atomic E-state index is 0.0979. The number of nitrogens with one attached hydrogen (secondary N) is 1. The SMILES string of the molecule is C=C/C=C(\C=C/C)C(C)CCCCNC(=O)C(C)C(C)C.NC=O. The summed E-state index contributed by atoms with van der Waals surface area (Å²) in [7, 11) is 0. The average Bonchev–Trinajstić information content (AvgIpc) is 2.53. The van der Waals surface area contributed by atoms with Crippen LogP contribution in [0.4, 0.5) is 0 Å². The maximum Gasteiger partial charge on any atom is 0.223 e. The number of carbonyl (C=O) groups is 2. The van der Waals surface area contributed by atoms with Gasteiger partial charge < -0.3 is 11.1 Å². The number of allylic oxidation sites excluding steroid dienone is 5. The van der Waals surface area contributed by atoms with Crippen LogP contribution in [0, 0.1) is 17.8 Å². The Balaban J connectivity index is 0. The standard InChI is InChI=1S/C19H33NO.CH3NO/c1-7-11-18(12-8-2)16(5)13-9-10-14-20-19(21)17(6)15(3)4;2-1-3/h7-8,11-12,15-17H,1,9-10,13-14H2,2-6H3,(H,20,21);1H,(H2,2,3)/b12-8-,18-11+;. The van der Waals surface area contributed by atoms with Crippen molar-refractivity contribution in [3.63, 3.8) is 0 Å². The lowest BCUT2D eigenvalue weighted by molar-refractivity contribution is -0.125. The van der Waals surface area contributed by atoms with E-state index < -0.39 is 0 Å². The van der Waals surface area contributed by atoms with Crippen LogP contribution in [0.3, 0.4) is 0 Å². The van der Waals surface area contributed by atoms with Gasteiger partial charge in [0.05, 0.1) is 0 Å². The maximum absolute atomic E-state index is 11.8. The number of hydrogen-bond acceptors (Lipinski definition) is 2. The molecule has 0 aromatic rings. The van der Waals surface area contributed by atoms with Gasteiger partial charge in [0.15, 0.2) is 0 Å². The number of primary amides is 1. The Morgan fingerprint density at radius 2 is 1.79 bits per heavy atom. The summed E-state index contributed by atoms with van der Waals surface area (Å²) >= 11 is 0. The topological polar surface area (TPSA) is 72.2 Å². The summed E-state index contributed by atoms with van der Waals surface area (Å²) in [6.45, 7) is 15.0. The van der Waals surface area contributed by atoms with Gasteiger partial charge in [-0.15, -0.1) is 0 Å². The second-order valence-corrected chi connectivity index (χ2v) is 6.26. The van der Waals surface area contributed by atoms with Crippen molar-refractivity contribution >= 4 is 12.3 Å². The van der Waals surface area contributed by atoms with Gasteiger partial charge in [-0.05, 0) is 37.2 Å². The van der Waals surface area contributed by atoms with E-state index in [1.807, 2.05) is 19.9 Å². The van der Waals surface area contributed by atoms with Crippen molar-refractivity contribution in [3.05, 3.63) is 36.5 Å². The lowest BCUT2D eigenvalue weighted by atomic mass is 9.94. The highest BCUT2D eigenvalue weighted by molar-refractivity contribution is 5.78. The molecule has 24 heavy (non-hydrogen) atoms. The van der Waals surface area contributed by atoms with Crippen LogP contribution in [-0.4, -0.2) is 18.9 Å². The number of nitrogens with two attached hydrogens (primary N) is 1. The first-order chi connectivity index (χ1) is 11.3. The van der Waals surface area contributed by atoms with Gasteiger partial charge in [0.25, 0.3) is 0 Å². The monoisotopic (exact) mass is 336 g/mol. The Morgan fingerprint density at radius 3 is 2.25 bits per heavy atom. The molecule has 0 spiro atoms. The molecule has 0 saturated carbocycles. The van der Waals surface area contributed by atoms with Crippen LogP contribution in [0.2, 0.25) is 0 Å². The lowest BCUT2D eigenvalue weighted by Crippen LogP contribution is -2.32. The van der Waals surface area contributed by atoms with Crippen LogP contribution in [0.5, 0.6) is 0 Å². The Morgan fingerprint density at radius 1 is 1.21 bits per heavy atom. The van der Waals surface area contributed by atoms with Crippen LogP contribution in [0.25, 0.3) is 0 Å². The molecular weight excluding hydrogens is 300 g/mol. The second-order valence-electron chi connectivity index (χ2n) is 6.26. The predicted octanol–water partition coefficient (Wildman–Crippen LogP) is 3.99. The third-order valence-corrected chi connectivity index (χ3v) is 4.02. The molecule has 0 bridgehead atoms. The normalized spacial score (nSPS) is 13.8. The maximum atomic E-state index is 11.8. The first-order valence-corrected chi connectivity index (χ1v) is 8.73. The molecule has 2 atom stereocenters. The van der Waals surface area contributed by atoms with Gasteiger partial charge in [-0.25, -0.2) is 0 Å². The average molecular weight is 337 g/mol. The summed E-state index contributed by atoms with van der Waals surface area (Å²) < 4.78 is 0. The molecule has 2 unspecified atom stereocenters. The van der Waals surface area contributed by atoms with Gasteiger partial charge in [0.1, 0.15) is 0 Å². The fourth-order valence-electron chi connectivity index (χ4n) is 2.13. The van der Waals surface area contributed by atoms with E-state index in [-0.39, 0.29) is 18.2 Å². The Hall–Kier alpha value is -1.84. The van der Waals surface area contributed by atoms with Crippen LogP contribution >= 0.6 is 0 Å². The summed E-state index contributed by atoms with van der Waals surface area (Å²) in [6, 6.07) is 0. The van der Waals surface area contributed by atoms with Gasteiger partial charge in [0.2, 0.25) is 12.3 Å². The Bertz CT molecular complexity index is 412. The molecule has 0 aliphatic carbocycles. The van der Waals surface area contributed by atoms with Crippen LogP contribution in [0.1, 0.15) is 53.9 Å². The molecule has 0 heterocycles. The molecule has 2 amide bonds. The molecule has 3 N–H and O–H groups in total. The summed E-state index contributed by atoms with van der Waals surface area (Å²) in [5, 5.41) is 3.03. The first-order valence-electron chi connectivity index (χ1n) is 8.73. The number of amides is 2. The van der Waals surface area contributed by atoms with Gasteiger partial charge in [0, 0.05) is 12.5 Å². The molecule has 0 rings (SSSR count). The van der Waals surface area contributed by atoms with Gasteiger partial charge in [-0.3, -0.25) is 9.59 Å². The van der Waals surface area contributed by atoms with Crippen molar-refractivity contribution in [2.75, 3.05) is 6.54 Å². The number of hydrogen-bond donors (Lipinski definition) is 2. The van der Waals surface area contributed by atoms with Gasteiger partial charge >= 0.3 is 0 Å². The van der Waals surface area contributed by atoms with Crippen molar-refractivity contribution < 1.29 is 9.59 Å². The third-order valence-electron chi connectivity index (χ3n) is 4.02. The van der Waals surface area contributed by atoms with Crippen LogP contribution in [-0.2, 0) is 9.59 Å². The number of carbonyl (C=O) groups excluding carboxylic acids is 2.